The third-order valence-corrected chi connectivity index (χ3v) is 4.83. The molecular weight excluding hydrogens is 309 g/mol. The first kappa shape index (κ1) is 14.4. The van der Waals surface area contributed by atoms with Crippen LogP contribution < -0.4 is 10.2 Å². The molecule has 0 saturated carbocycles. The Morgan fingerprint density at radius 1 is 1.09 bits per heavy atom. The monoisotopic (exact) mass is 322 g/mol. The third-order valence-electron chi connectivity index (χ3n) is 4.83. The van der Waals surface area contributed by atoms with Crippen LogP contribution in [0.1, 0.15) is 5.56 Å². The molecule has 2 bridgehead atoms. The van der Waals surface area contributed by atoms with Gasteiger partial charge in [0.05, 0.1) is 23.1 Å². The van der Waals surface area contributed by atoms with Crippen molar-refractivity contribution < 1.29 is 22.8 Å². The summed E-state index contributed by atoms with van der Waals surface area (Å²) in [6.07, 6.45) is -0.726. The zero-order chi connectivity index (χ0) is 16.4. The summed E-state index contributed by atoms with van der Waals surface area (Å²) in [6, 6.07) is 4.14. The van der Waals surface area contributed by atoms with Gasteiger partial charge in [-0.1, -0.05) is 18.2 Å². The number of hydrogen-bond acceptors (Lipinski definition) is 3. The first-order valence-electron chi connectivity index (χ1n) is 7.35. The van der Waals surface area contributed by atoms with Gasteiger partial charge in [-0.15, -0.1) is 0 Å². The highest BCUT2D eigenvalue weighted by Gasteiger charge is 2.57. The molecule has 0 radical (unpaired) electrons. The number of imide groups is 1. The second kappa shape index (κ2) is 4.67. The molecule has 2 amide bonds. The number of amides is 2. The van der Waals surface area contributed by atoms with Crippen LogP contribution in [0, 0.1) is 17.8 Å². The number of piperidine rings is 1. The van der Waals surface area contributed by atoms with Crippen LogP contribution in [-0.2, 0) is 15.8 Å². The number of alkyl halides is 3. The molecule has 4 unspecified atom stereocenters. The van der Waals surface area contributed by atoms with E-state index in [9.17, 15) is 22.8 Å². The average Bonchev–Trinajstić information content (AvgIpc) is 2.81. The zero-order valence-corrected chi connectivity index (χ0v) is 11.9. The van der Waals surface area contributed by atoms with E-state index in [2.05, 4.69) is 5.32 Å². The van der Waals surface area contributed by atoms with Gasteiger partial charge in [-0.3, -0.25) is 9.59 Å². The molecule has 1 aliphatic carbocycles. The summed E-state index contributed by atoms with van der Waals surface area (Å²) in [5.74, 6) is -1.92. The standard InChI is InChI=1S/C16H13F3N2O2/c17-16(18,19)9-2-1-3-10(6-9)21-14(22)12-8-4-5-11(20-7-8)13(12)15(21)23/h1-6,8,11-13,20H,7H2. The molecular formula is C16H13F3N2O2. The number of benzene rings is 1. The normalized spacial score (nSPS) is 32.6. The van der Waals surface area contributed by atoms with Gasteiger partial charge in [0.25, 0.3) is 0 Å². The Kier molecular flexibility index (Phi) is 2.93. The molecule has 1 aromatic carbocycles. The van der Waals surface area contributed by atoms with Gasteiger partial charge in [0.2, 0.25) is 11.8 Å². The summed E-state index contributed by atoms with van der Waals surface area (Å²) in [7, 11) is 0. The topological polar surface area (TPSA) is 49.4 Å². The molecule has 4 aliphatic rings. The highest BCUT2D eigenvalue weighted by Crippen LogP contribution is 2.43. The summed E-state index contributed by atoms with van der Waals surface area (Å²) >= 11 is 0. The van der Waals surface area contributed by atoms with Gasteiger partial charge in [0, 0.05) is 18.5 Å². The first-order chi connectivity index (χ1) is 10.9. The lowest BCUT2D eigenvalue weighted by Gasteiger charge is -2.39. The van der Waals surface area contributed by atoms with Gasteiger partial charge in [0.1, 0.15) is 0 Å². The predicted octanol–water partition coefficient (Wildman–Crippen LogP) is 1.97. The molecule has 23 heavy (non-hydrogen) atoms. The van der Waals surface area contributed by atoms with Gasteiger partial charge in [-0.2, -0.15) is 13.2 Å². The second-order valence-corrected chi connectivity index (χ2v) is 6.09. The van der Waals surface area contributed by atoms with E-state index in [0.29, 0.717) is 6.54 Å². The van der Waals surface area contributed by atoms with E-state index in [0.717, 1.165) is 17.0 Å². The van der Waals surface area contributed by atoms with E-state index in [1.165, 1.54) is 12.1 Å². The second-order valence-electron chi connectivity index (χ2n) is 6.09. The summed E-state index contributed by atoms with van der Waals surface area (Å²) in [5, 5.41) is 3.18. The van der Waals surface area contributed by atoms with Crippen molar-refractivity contribution in [2.75, 3.05) is 11.4 Å². The highest BCUT2D eigenvalue weighted by molar-refractivity contribution is 6.22. The minimum atomic E-state index is -4.52. The van der Waals surface area contributed by atoms with Gasteiger partial charge in [-0.25, -0.2) is 4.90 Å². The Morgan fingerprint density at radius 2 is 1.83 bits per heavy atom. The molecule has 1 N–H and O–H groups in total. The van der Waals surface area contributed by atoms with Crippen LogP contribution in [0.3, 0.4) is 0 Å². The van der Waals surface area contributed by atoms with Crippen molar-refractivity contribution in [1.82, 2.24) is 5.32 Å². The van der Waals surface area contributed by atoms with Crippen LogP contribution in [0.5, 0.6) is 0 Å². The van der Waals surface area contributed by atoms with E-state index >= 15 is 0 Å². The third kappa shape index (κ3) is 2.03. The molecule has 7 heteroatoms. The first-order valence-corrected chi connectivity index (χ1v) is 7.35. The Hall–Kier alpha value is -2.15. The molecule has 0 spiro atoms. The van der Waals surface area contributed by atoms with Crippen molar-refractivity contribution in [2.24, 2.45) is 17.8 Å². The molecule has 4 atom stereocenters. The summed E-state index contributed by atoms with van der Waals surface area (Å²) in [4.78, 5) is 26.2. The number of carbonyl (C=O) groups is 2. The number of halogens is 3. The van der Waals surface area contributed by atoms with Crippen molar-refractivity contribution in [3.63, 3.8) is 0 Å². The maximum Gasteiger partial charge on any atom is 0.416 e. The lowest BCUT2D eigenvalue weighted by Crippen LogP contribution is -2.53. The van der Waals surface area contributed by atoms with Crippen molar-refractivity contribution in [1.29, 1.82) is 0 Å². The molecule has 120 valence electrons. The van der Waals surface area contributed by atoms with Crippen LogP contribution >= 0.6 is 0 Å². The van der Waals surface area contributed by atoms with E-state index in [1.807, 2.05) is 12.2 Å². The number of nitrogens with zero attached hydrogens (tertiary/aromatic N) is 1. The maximum absolute atomic E-state index is 12.9. The van der Waals surface area contributed by atoms with E-state index in [-0.39, 0.29) is 17.6 Å². The summed E-state index contributed by atoms with van der Waals surface area (Å²) < 4.78 is 38.6. The number of carbonyl (C=O) groups excluding carboxylic acids is 2. The fraction of sp³-hybridized carbons (Fsp3) is 0.375. The van der Waals surface area contributed by atoms with Gasteiger partial charge in [0.15, 0.2) is 0 Å². The van der Waals surface area contributed by atoms with Crippen molar-refractivity contribution in [3.8, 4) is 0 Å². The summed E-state index contributed by atoms with van der Waals surface area (Å²) in [5.41, 5.74) is -0.881. The predicted molar refractivity (Wildman–Crippen MR) is 75.3 cm³/mol. The Balaban J connectivity index is 1.74. The van der Waals surface area contributed by atoms with Crippen molar-refractivity contribution in [3.05, 3.63) is 42.0 Å². The largest absolute Gasteiger partial charge is 0.416 e. The minimum absolute atomic E-state index is 0.0105. The molecule has 0 aromatic heterocycles. The lowest BCUT2D eigenvalue weighted by atomic mass is 9.71. The smallest absolute Gasteiger partial charge is 0.309 e. The van der Waals surface area contributed by atoms with E-state index in [4.69, 9.17) is 0 Å². The van der Waals surface area contributed by atoms with Gasteiger partial charge in [-0.05, 0) is 18.2 Å². The molecule has 5 rings (SSSR count). The van der Waals surface area contributed by atoms with Crippen LogP contribution in [0.15, 0.2) is 36.4 Å². The molecule has 3 heterocycles. The van der Waals surface area contributed by atoms with E-state index in [1.54, 1.807) is 0 Å². The van der Waals surface area contributed by atoms with Crippen molar-refractivity contribution in [2.45, 2.75) is 12.2 Å². The maximum atomic E-state index is 12.9. The summed E-state index contributed by atoms with van der Waals surface area (Å²) in [6.45, 7) is 0.609. The lowest BCUT2D eigenvalue weighted by molar-refractivity contribution is -0.137. The molecule has 2 fully saturated rings. The Morgan fingerprint density at radius 3 is 2.43 bits per heavy atom. The fourth-order valence-corrected chi connectivity index (χ4v) is 3.78. The van der Waals surface area contributed by atoms with Gasteiger partial charge >= 0.3 is 6.18 Å². The number of anilines is 1. The Bertz CT molecular complexity index is 696. The average molecular weight is 322 g/mol. The molecule has 4 nitrogen and oxygen atoms in total. The van der Waals surface area contributed by atoms with Crippen LogP contribution in [-0.4, -0.2) is 24.4 Å². The van der Waals surface area contributed by atoms with Crippen LogP contribution in [0.2, 0.25) is 0 Å². The highest BCUT2D eigenvalue weighted by atomic mass is 19.4. The quantitative estimate of drug-likeness (QED) is 0.635. The SMILES string of the molecule is O=C1C2C3C=CC(NC3)C2C(=O)N1c1cccc(C(F)(F)F)c1. The number of nitrogens with one attached hydrogen (secondary N) is 1. The fourth-order valence-electron chi connectivity index (χ4n) is 3.78. The zero-order valence-electron chi connectivity index (χ0n) is 11.9. The minimum Gasteiger partial charge on any atom is -0.309 e. The molecule has 1 aromatic rings. The number of hydrogen-bond donors (Lipinski definition) is 1. The van der Waals surface area contributed by atoms with E-state index < -0.39 is 35.4 Å². The number of rotatable bonds is 1. The number of fused-ring (bicyclic) bond motifs is 1. The van der Waals surface area contributed by atoms with Gasteiger partial charge < -0.3 is 5.32 Å². The van der Waals surface area contributed by atoms with Crippen LogP contribution in [0.4, 0.5) is 18.9 Å². The molecule has 3 aliphatic heterocycles. The Labute approximate surface area is 130 Å². The van der Waals surface area contributed by atoms with Crippen LogP contribution in [0.25, 0.3) is 0 Å². The van der Waals surface area contributed by atoms with Crippen molar-refractivity contribution >= 4 is 17.5 Å². The molecule has 2 saturated heterocycles.